The minimum atomic E-state index is 0.110. The number of H-pyrrole nitrogens is 1. The minimum Gasteiger partial charge on any atom is -0.454 e. The lowest BCUT2D eigenvalue weighted by molar-refractivity contribution is 0.0766. The van der Waals surface area contributed by atoms with E-state index in [1.807, 2.05) is 53.2 Å². The Morgan fingerprint density at radius 3 is 2.96 bits per heavy atom. The summed E-state index contributed by atoms with van der Waals surface area (Å²) in [5.74, 6) is 2.67. The lowest BCUT2D eigenvalue weighted by atomic mass is 10.1. The van der Waals surface area contributed by atoms with E-state index in [2.05, 4.69) is 17.1 Å². The second-order valence-corrected chi connectivity index (χ2v) is 8.14. The molecule has 6 heteroatoms. The number of nitrogens with one attached hydrogen (secondary N) is 1. The quantitative estimate of drug-likeness (QED) is 0.723. The first kappa shape index (κ1) is 16.6. The van der Waals surface area contributed by atoms with Crippen LogP contribution in [0.5, 0.6) is 11.5 Å². The summed E-state index contributed by atoms with van der Waals surface area (Å²) in [7, 11) is 0. The van der Waals surface area contributed by atoms with Gasteiger partial charge in [0, 0.05) is 41.4 Å². The highest BCUT2D eigenvalue weighted by molar-refractivity contribution is 7.99. The molecule has 0 aliphatic carbocycles. The summed E-state index contributed by atoms with van der Waals surface area (Å²) in [6, 6.07) is 14.1. The fourth-order valence-electron chi connectivity index (χ4n) is 3.72. The number of aromatic nitrogens is 1. The number of fused-ring (bicyclic) bond motifs is 2. The van der Waals surface area contributed by atoms with Gasteiger partial charge in [-0.2, -0.15) is 11.8 Å². The van der Waals surface area contributed by atoms with Gasteiger partial charge in [-0.15, -0.1) is 0 Å². The summed E-state index contributed by atoms with van der Waals surface area (Å²) in [6.07, 6.45) is 2.83. The maximum absolute atomic E-state index is 13.0. The Morgan fingerprint density at radius 2 is 2.00 bits per heavy atom. The summed E-state index contributed by atoms with van der Waals surface area (Å²) in [5, 5.41) is 1.49. The number of hydrogen-bond donors (Lipinski definition) is 1. The zero-order valence-electron chi connectivity index (χ0n) is 14.8. The number of carbonyl (C=O) groups excluding carboxylic acids is 1. The molecule has 27 heavy (non-hydrogen) atoms. The fourth-order valence-corrected chi connectivity index (χ4v) is 4.94. The molecule has 138 valence electrons. The lowest BCUT2D eigenvalue weighted by Gasteiger charge is -2.20. The van der Waals surface area contributed by atoms with Gasteiger partial charge in [0.05, 0.1) is 0 Å². The summed E-state index contributed by atoms with van der Waals surface area (Å²) in [6.45, 7) is 1.82. The zero-order valence-corrected chi connectivity index (χ0v) is 15.6. The molecule has 1 saturated heterocycles. The van der Waals surface area contributed by atoms with Crippen LogP contribution in [0.15, 0.2) is 48.7 Å². The van der Waals surface area contributed by atoms with Gasteiger partial charge in [-0.3, -0.25) is 4.79 Å². The smallest absolute Gasteiger partial charge is 0.253 e. The molecule has 5 nitrogen and oxygen atoms in total. The van der Waals surface area contributed by atoms with Crippen LogP contribution in [-0.2, 0) is 0 Å². The van der Waals surface area contributed by atoms with E-state index in [0.29, 0.717) is 12.0 Å². The number of amides is 1. The molecule has 1 amide bonds. The Balaban J connectivity index is 1.31. The number of carbonyl (C=O) groups is 1. The van der Waals surface area contributed by atoms with E-state index < -0.39 is 0 Å². The number of thioether (sulfide) groups is 1. The number of nitrogens with zero attached hydrogens (tertiary/aromatic N) is 1. The van der Waals surface area contributed by atoms with Crippen molar-refractivity contribution in [2.45, 2.75) is 11.7 Å². The van der Waals surface area contributed by atoms with Crippen molar-refractivity contribution in [2.24, 2.45) is 0 Å². The van der Waals surface area contributed by atoms with Crippen molar-refractivity contribution in [3.8, 4) is 11.5 Å². The maximum atomic E-state index is 13.0. The molecule has 0 spiro atoms. The van der Waals surface area contributed by atoms with E-state index in [4.69, 9.17) is 9.47 Å². The van der Waals surface area contributed by atoms with Crippen molar-refractivity contribution < 1.29 is 14.3 Å². The van der Waals surface area contributed by atoms with Crippen LogP contribution in [0, 0.1) is 0 Å². The third-order valence-corrected chi connectivity index (χ3v) is 6.53. The largest absolute Gasteiger partial charge is 0.454 e. The molecule has 5 rings (SSSR count). The Bertz CT molecular complexity index is 1000. The summed E-state index contributed by atoms with van der Waals surface area (Å²) >= 11 is 1.91. The minimum absolute atomic E-state index is 0.110. The van der Waals surface area contributed by atoms with Crippen LogP contribution in [0.4, 0.5) is 0 Å². The van der Waals surface area contributed by atoms with E-state index >= 15 is 0 Å². The molecule has 1 unspecified atom stereocenters. The van der Waals surface area contributed by atoms with Gasteiger partial charge in [0.2, 0.25) is 6.79 Å². The molecule has 3 heterocycles. The first-order valence-electron chi connectivity index (χ1n) is 9.15. The van der Waals surface area contributed by atoms with Gasteiger partial charge >= 0.3 is 0 Å². The summed E-state index contributed by atoms with van der Waals surface area (Å²) in [4.78, 5) is 18.1. The predicted octanol–water partition coefficient (Wildman–Crippen LogP) is 4.22. The topological polar surface area (TPSA) is 54.6 Å². The Morgan fingerprint density at radius 1 is 1.07 bits per heavy atom. The highest BCUT2D eigenvalue weighted by Gasteiger charge is 2.24. The van der Waals surface area contributed by atoms with Gasteiger partial charge in [0.25, 0.3) is 5.91 Å². The zero-order chi connectivity index (χ0) is 18.2. The number of rotatable bonds is 2. The maximum Gasteiger partial charge on any atom is 0.253 e. The lowest BCUT2D eigenvalue weighted by Crippen LogP contribution is -2.32. The van der Waals surface area contributed by atoms with Crippen LogP contribution in [0.1, 0.15) is 27.6 Å². The predicted molar refractivity (Wildman–Crippen MR) is 107 cm³/mol. The normalized spacial score (nSPS) is 19.3. The number of aromatic amines is 1. The molecule has 1 atom stereocenters. The SMILES string of the molecule is O=C(c1ccc2cc[nH]c2c1)N1CCSC(c2ccc3c(c2)OCO3)CC1. The average Bonchev–Trinajstić information content (AvgIpc) is 3.29. The van der Waals surface area contributed by atoms with Gasteiger partial charge in [-0.05, 0) is 47.7 Å². The average molecular weight is 380 g/mol. The first-order valence-corrected chi connectivity index (χ1v) is 10.2. The van der Waals surface area contributed by atoms with Crippen LogP contribution in [0.25, 0.3) is 10.9 Å². The van der Waals surface area contributed by atoms with Crippen molar-refractivity contribution >= 4 is 28.6 Å². The Labute approximate surface area is 161 Å². The molecule has 1 aromatic heterocycles. The molecule has 1 N–H and O–H groups in total. The molecule has 2 aliphatic rings. The van der Waals surface area contributed by atoms with Crippen molar-refractivity contribution in [1.29, 1.82) is 0 Å². The summed E-state index contributed by atoms with van der Waals surface area (Å²) in [5.41, 5.74) is 2.99. The van der Waals surface area contributed by atoms with Gasteiger partial charge in [-0.25, -0.2) is 0 Å². The molecule has 2 aromatic carbocycles. The van der Waals surface area contributed by atoms with Crippen LogP contribution in [0.2, 0.25) is 0 Å². The number of hydrogen-bond acceptors (Lipinski definition) is 4. The molecular formula is C21H20N2O3S. The highest BCUT2D eigenvalue weighted by atomic mass is 32.2. The number of ether oxygens (including phenoxy) is 2. The van der Waals surface area contributed by atoms with Gasteiger partial charge in [-0.1, -0.05) is 12.1 Å². The summed E-state index contributed by atoms with van der Waals surface area (Å²) < 4.78 is 10.9. The van der Waals surface area contributed by atoms with Gasteiger partial charge in [0.1, 0.15) is 0 Å². The van der Waals surface area contributed by atoms with E-state index in [-0.39, 0.29) is 5.91 Å². The van der Waals surface area contributed by atoms with E-state index in [0.717, 1.165) is 53.2 Å². The van der Waals surface area contributed by atoms with Crippen LogP contribution in [-0.4, -0.2) is 41.4 Å². The van der Waals surface area contributed by atoms with Crippen molar-refractivity contribution in [3.05, 3.63) is 59.8 Å². The molecule has 0 bridgehead atoms. The second-order valence-electron chi connectivity index (χ2n) is 6.83. The van der Waals surface area contributed by atoms with Gasteiger partial charge < -0.3 is 19.4 Å². The standard InChI is InChI=1S/C21H20N2O3S/c24-21(16-2-1-14-5-7-22-17(14)11-16)23-8-6-20(27-10-9-23)15-3-4-18-19(12-15)26-13-25-18/h1-5,7,11-12,20,22H,6,8-10,13H2. The second kappa shape index (κ2) is 6.85. The highest BCUT2D eigenvalue weighted by Crippen LogP contribution is 2.40. The first-order chi connectivity index (χ1) is 13.3. The molecule has 0 saturated carbocycles. The molecular weight excluding hydrogens is 360 g/mol. The third-order valence-electron chi connectivity index (χ3n) is 5.20. The van der Waals surface area contributed by atoms with E-state index in [1.54, 1.807) is 0 Å². The monoisotopic (exact) mass is 380 g/mol. The van der Waals surface area contributed by atoms with E-state index in [1.165, 1.54) is 5.56 Å². The molecule has 3 aromatic rings. The Hall–Kier alpha value is -2.60. The van der Waals surface area contributed by atoms with Gasteiger partial charge in [0.15, 0.2) is 11.5 Å². The Kier molecular flexibility index (Phi) is 4.20. The van der Waals surface area contributed by atoms with Crippen molar-refractivity contribution in [2.75, 3.05) is 25.6 Å². The van der Waals surface area contributed by atoms with Crippen LogP contribution in [0.3, 0.4) is 0 Å². The molecule has 1 fully saturated rings. The number of benzene rings is 2. The van der Waals surface area contributed by atoms with Crippen LogP contribution >= 0.6 is 11.8 Å². The molecule has 0 radical (unpaired) electrons. The fraction of sp³-hybridized carbons (Fsp3) is 0.286. The van der Waals surface area contributed by atoms with E-state index in [9.17, 15) is 4.79 Å². The molecule has 2 aliphatic heterocycles. The van der Waals surface area contributed by atoms with Crippen molar-refractivity contribution in [3.63, 3.8) is 0 Å². The van der Waals surface area contributed by atoms with Crippen molar-refractivity contribution in [1.82, 2.24) is 9.88 Å². The third kappa shape index (κ3) is 3.14. The van der Waals surface area contributed by atoms with Crippen LogP contribution < -0.4 is 9.47 Å².